The van der Waals surface area contributed by atoms with Gasteiger partial charge >= 0.3 is 24.7 Å². The van der Waals surface area contributed by atoms with Gasteiger partial charge < -0.3 is 0 Å². The molecule has 0 bridgehead atoms. The first kappa shape index (κ1) is 28.6. The minimum Gasteiger partial charge on any atom is -0.166 e. The third-order valence-electron chi connectivity index (χ3n) is 5.26. The number of alkyl halides is 12. The van der Waals surface area contributed by atoms with Crippen LogP contribution in [0.2, 0.25) is 0 Å². The van der Waals surface area contributed by atoms with Crippen molar-refractivity contribution >= 4 is 18.5 Å². The summed E-state index contributed by atoms with van der Waals surface area (Å²) in [6, 6.07) is 1.05. The van der Waals surface area contributed by atoms with Crippen molar-refractivity contribution in [3.63, 3.8) is 0 Å². The van der Waals surface area contributed by atoms with Crippen molar-refractivity contribution in [2.75, 3.05) is 0 Å². The molecule has 0 aromatic heterocycles. The average Bonchev–Trinajstić information content (AvgIpc) is 3.26. The monoisotopic (exact) mass is 549 g/mol. The van der Waals surface area contributed by atoms with Crippen LogP contribution < -0.4 is 10.6 Å². The molecule has 1 aliphatic carbocycles. The Morgan fingerprint density at radius 2 is 0.778 bits per heavy atom. The average molecular weight is 549 g/mol. The topological polar surface area (TPSA) is 0 Å². The van der Waals surface area contributed by atoms with E-state index in [1.165, 1.54) is 32.6 Å². The van der Waals surface area contributed by atoms with Gasteiger partial charge in [0.05, 0.1) is 22.3 Å². The first-order valence-electron chi connectivity index (χ1n) is 9.88. The van der Waals surface area contributed by atoms with Crippen LogP contribution in [0.25, 0.3) is 0 Å². The van der Waals surface area contributed by atoms with Crippen LogP contribution in [0.1, 0.15) is 29.2 Å². The Balaban J connectivity index is 2.34. The molecule has 0 saturated heterocycles. The molecule has 0 spiro atoms. The van der Waals surface area contributed by atoms with Gasteiger partial charge in [0, 0.05) is 0 Å². The van der Waals surface area contributed by atoms with Crippen LogP contribution in [-0.2, 0) is 24.7 Å². The molecule has 0 aliphatic heterocycles. The zero-order valence-corrected chi connectivity index (χ0v) is 18.7. The smallest absolute Gasteiger partial charge is 0.166 e. The third kappa shape index (κ3) is 6.47. The normalized spacial score (nSPS) is 17.2. The first-order chi connectivity index (χ1) is 16.3. The van der Waals surface area contributed by atoms with Crippen molar-refractivity contribution < 1.29 is 52.7 Å². The molecule has 0 unspecified atom stereocenters. The van der Waals surface area contributed by atoms with Gasteiger partial charge in [-0.25, -0.2) is 0 Å². The van der Waals surface area contributed by atoms with Gasteiger partial charge in [0.25, 0.3) is 0 Å². The Morgan fingerprint density at radius 3 is 1.03 bits per heavy atom. The van der Waals surface area contributed by atoms with Gasteiger partial charge in [0.1, 0.15) is 0 Å². The molecule has 13 heteroatoms. The van der Waals surface area contributed by atoms with Gasteiger partial charge in [-0.2, -0.15) is 52.7 Å². The molecule has 0 amide bonds. The Bertz CT molecular complexity index is 932. The van der Waals surface area contributed by atoms with Crippen molar-refractivity contribution in [1.82, 2.24) is 0 Å². The van der Waals surface area contributed by atoms with Crippen LogP contribution in [0.4, 0.5) is 52.7 Å². The van der Waals surface area contributed by atoms with Crippen molar-refractivity contribution in [2.45, 2.75) is 37.3 Å². The van der Waals surface area contributed by atoms with E-state index < -0.39 is 71.1 Å². The molecule has 1 saturated carbocycles. The second kappa shape index (κ2) is 9.72. The number of hydrogen-bond donors (Lipinski definition) is 0. The van der Waals surface area contributed by atoms with E-state index in [1.54, 1.807) is 0 Å². The molecular formula is C23H14F12P. The molecule has 3 rings (SSSR count). The number of rotatable bonds is 4. The maximum atomic E-state index is 13.5. The highest BCUT2D eigenvalue weighted by atomic mass is 31.1. The molecule has 0 nitrogen and oxygen atoms in total. The number of halogens is 12. The quantitative estimate of drug-likeness (QED) is 0.268. The van der Waals surface area contributed by atoms with Crippen molar-refractivity contribution in [1.29, 1.82) is 0 Å². The van der Waals surface area contributed by atoms with Crippen LogP contribution in [-0.4, -0.2) is 5.66 Å². The van der Waals surface area contributed by atoms with E-state index in [0.29, 0.717) is 30.2 Å². The zero-order valence-electron chi connectivity index (χ0n) is 17.8. The van der Waals surface area contributed by atoms with Gasteiger partial charge in [0.15, 0.2) is 0 Å². The number of benzene rings is 2. The Labute approximate surface area is 199 Å². The molecular weight excluding hydrogens is 535 g/mol. The predicted octanol–water partition coefficient (Wildman–Crippen LogP) is 7.99. The highest BCUT2D eigenvalue weighted by molar-refractivity contribution is 7.73. The molecule has 1 aliphatic rings. The molecule has 195 valence electrons. The lowest BCUT2D eigenvalue weighted by Crippen LogP contribution is -2.28. The van der Waals surface area contributed by atoms with E-state index in [9.17, 15) is 52.7 Å². The van der Waals surface area contributed by atoms with E-state index >= 15 is 0 Å². The Kier molecular flexibility index (Phi) is 7.73. The maximum Gasteiger partial charge on any atom is 0.416 e. The molecule has 1 fully saturated rings. The minimum atomic E-state index is -5.26. The van der Waals surface area contributed by atoms with Gasteiger partial charge in [0.2, 0.25) is 0 Å². The summed E-state index contributed by atoms with van der Waals surface area (Å²) < 4.78 is 162. The highest BCUT2D eigenvalue weighted by Crippen LogP contribution is 2.50. The van der Waals surface area contributed by atoms with E-state index in [4.69, 9.17) is 0 Å². The van der Waals surface area contributed by atoms with Gasteiger partial charge in [-0.1, -0.05) is 6.92 Å². The summed E-state index contributed by atoms with van der Waals surface area (Å²) in [5.74, 6) is 0.318. The molecule has 36 heavy (non-hydrogen) atoms. The molecule has 1 atom stereocenters. The fraction of sp³-hybridized carbons (Fsp3) is 0.261. The SMILES string of the molecule is C[C@H]([C]1[CH][CH][CH][CH]1)P(c1cc(C(F)(F)F)cc(C(F)(F)F)c1)c1cc(C(F)(F)F)cc(C(F)(F)F)c1. The highest BCUT2D eigenvalue weighted by Gasteiger charge is 2.42. The van der Waals surface area contributed by atoms with Crippen LogP contribution in [0.5, 0.6) is 0 Å². The third-order valence-corrected chi connectivity index (χ3v) is 7.96. The summed E-state index contributed by atoms with van der Waals surface area (Å²) in [4.78, 5) is 0. The summed E-state index contributed by atoms with van der Waals surface area (Å²) in [5.41, 5.74) is -7.94. The lowest BCUT2D eigenvalue weighted by molar-refractivity contribution is -0.144. The summed E-state index contributed by atoms with van der Waals surface area (Å²) in [5, 5.41) is -1.35. The maximum absolute atomic E-state index is 13.5. The molecule has 2 aromatic carbocycles. The minimum absolute atomic E-state index is 0.155. The molecule has 2 aromatic rings. The van der Waals surface area contributed by atoms with Crippen LogP contribution in [0.15, 0.2) is 36.4 Å². The van der Waals surface area contributed by atoms with Crippen molar-refractivity contribution in [3.05, 3.63) is 90.3 Å². The molecule has 5 radical (unpaired) electrons. The molecule has 0 heterocycles. The van der Waals surface area contributed by atoms with Crippen LogP contribution in [0, 0.1) is 31.6 Å². The van der Waals surface area contributed by atoms with Crippen LogP contribution in [0.3, 0.4) is 0 Å². The fourth-order valence-electron chi connectivity index (χ4n) is 3.57. The summed E-state index contributed by atoms with van der Waals surface area (Å²) >= 11 is 0. The molecule has 0 N–H and O–H groups in total. The van der Waals surface area contributed by atoms with Crippen molar-refractivity contribution in [3.8, 4) is 0 Å². The zero-order chi connectivity index (χ0) is 27.3. The fourth-order valence-corrected chi connectivity index (χ4v) is 6.34. The van der Waals surface area contributed by atoms with Crippen LogP contribution >= 0.6 is 7.92 Å². The predicted molar refractivity (Wildman–Crippen MR) is 109 cm³/mol. The van der Waals surface area contributed by atoms with E-state index in [0.717, 1.165) is 0 Å². The van der Waals surface area contributed by atoms with Gasteiger partial charge in [-0.05, 0) is 92.2 Å². The van der Waals surface area contributed by atoms with Gasteiger partial charge in [-0.15, -0.1) is 0 Å². The van der Waals surface area contributed by atoms with E-state index in [-0.39, 0.29) is 12.1 Å². The van der Waals surface area contributed by atoms with E-state index in [2.05, 4.69) is 0 Å². The summed E-state index contributed by atoms with van der Waals surface area (Å²) in [6.45, 7) is 1.32. The van der Waals surface area contributed by atoms with Gasteiger partial charge in [-0.3, -0.25) is 0 Å². The standard InChI is InChI=1S/C23H14F12P/c1-12(13-4-2-3-5-13)36(18-8-14(20(24,25)26)6-15(9-18)21(27,28)29)19-10-16(22(30,31)32)7-17(11-19)23(33,34)35/h2-12H,1H3/t12-/m1/s1. The second-order valence-electron chi connectivity index (χ2n) is 7.79. The van der Waals surface area contributed by atoms with Crippen molar-refractivity contribution in [2.24, 2.45) is 0 Å². The lowest BCUT2D eigenvalue weighted by atomic mass is 10.1. The lowest BCUT2D eigenvalue weighted by Gasteiger charge is -2.31. The second-order valence-corrected chi connectivity index (χ2v) is 10.3. The first-order valence-corrected chi connectivity index (χ1v) is 11.3. The van der Waals surface area contributed by atoms with E-state index in [1.807, 2.05) is 0 Å². The number of hydrogen-bond acceptors (Lipinski definition) is 0. The summed E-state index contributed by atoms with van der Waals surface area (Å²) in [6.07, 6.45) is -15.2. The summed E-state index contributed by atoms with van der Waals surface area (Å²) in [7, 11) is -2.62. The largest absolute Gasteiger partial charge is 0.416 e. The Hall–Kier alpha value is -1.97. The Morgan fingerprint density at radius 1 is 0.500 bits per heavy atom.